The van der Waals surface area contributed by atoms with Crippen LogP contribution in [0.15, 0.2) is 47.5 Å². The van der Waals surface area contributed by atoms with E-state index in [1.54, 1.807) is 6.08 Å². The van der Waals surface area contributed by atoms with Gasteiger partial charge in [-0.1, -0.05) is 0 Å². The Kier molecular flexibility index (Phi) is 5.60. The Morgan fingerprint density at radius 1 is 1.18 bits per heavy atom. The Balaban J connectivity index is 1.89. The number of nitrogens with zero attached hydrogens (tertiary/aromatic N) is 3. The molecule has 1 aromatic carbocycles. The van der Waals surface area contributed by atoms with Crippen LogP contribution in [0.4, 0.5) is 10.5 Å². The van der Waals surface area contributed by atoms with E-state index in [-0.39, 0.29) is 4.91 Å². The van der Waals surface area contributed by atoms with Crippen molar-refractivity contribution >= 4 is 40.6 Å². The molecule has 1 fully saturated rings. The molecule has 2 aromatic rings. The summed E-state index contributed by atoms with van der Waals surface area (Å²) in [4.78, 5) is 39.9. The molecule has 0 spiro atoms. The Hall–Kier alpha value is -3.00. The monoisotopic (exact) mass is 399 g/mol. The van der Waals surface area contributed by atoms with E-state index >= 15 is 0 Å². The number of carbonyl (C=O) groups is 3. The van der Waals surface area contributed by atoms with Crippen molar-refractivity contribution in [3.63, 3.8) is 0 Å². The van der Waals surface area contributed by atoms with Gasteiger partial charge in [0.2, 0.25) is 0 Å². The second kappa shape index (κ2) is 7.93. The molecule has 1 aliphatic heterocycles. The van der Waals surface area contributed by atoms with E-state index in [0.717, 1.165) is 33.7 Å². The zero-order valence-corrected chi connectivity index (χ0v) is 16.9. The molecule has 1 saturated heterocycles. The second-order valence-corrected chi connectivity index (χ2v) is 7.46. The number of rotatable bonds is 5. The molecule has 0 bridgehead atoms. The van der Waals surface area contributed by atoms with Gasteiger partial charge >= 0.3 is 5.97 Å². The summed E-state index contributed by atoms with van der Waals surface area (Å²) < 4.78 is 6.57. The van der Waals surface area contributed by atoms with Crippen LogP contribution in [0, 0.1) is 0 Å². The highest BCUT2D eigenvalue weighted by molar-refractivity contribution is 8.18. The van der Waals surface area contributed by atoms with Crippen molar-refractivity contribution in [2.45, 2.75) is 13.0 Å². The van der Waals surface area contributed by atoms with E-state index in [4.69, 9.17) is 0 Å². The Morgan fingerprint density at radius 2 is 1.86 bits per heavy atom. The van der Waals surface area contributed by atoms with E-state index in [0.29, 0.717) is 0 Å². The number of aromatic nitrogens is 1. The molecule has 8 heteroatoms. The average molecular weight is 399 g/mol. The van der Waals surface area contributed by atoms with E-state index in [1.165, 1.54) is 14.0 Å². The third-order valence-electron chi connectivity index (χ3n) is 4.46. The number of esters is 1. The highest BCUT2D eigenvalue weighted by Gasteiger charge is 2.41. The number of ether oxygens (including phenoxy) is 1. The zero-order valence-electron chi connectivity index (χ0n) is 16.1. The molecule has 0 N–H and O–H groups in total. The number of hydrogen-bond donors (Lipinski definition) is 0. The van der Waals surface area contributed by atoms with Crippen molar-refractivity contribution in [1.82, 2.24) is 9.47 Å². The van der Waals surface area contributed by atoms with Crippen LogP contribution in [0.2, 0.25) is 0 Å². The maximum absolute atomic E-state index is 12.7. The van der Waals surface area contributed by atoms with Crippen LogP contribution < -0.4 is 4.90 Å². The predicted molar refractivity (Wildman–Crippen MR) is 109 cm³/mol. The molecule has 3 rings (SSSR count). The van der Waals surface area contributed by atoms with E-state index in [9.17, 15) is 14.4 Å². The van der Waals surface area contributed by atoms with Gasteiger partial charge in [0.15, 0.2) is 0 Å². The molecule has 1 aliphatic rings. The molecule has 1 aromatic heterocycles. The lowest BCUT2D eigenvalue weighted by atomic mass is 10.2. The molecule has 146 valence electrons. The van der Waals surface area contributed by atoms with Gasteiger partial charge in [-0.2, -0.15) is 0 Å². The molecular formula is C20H21N3O4S. The van der Waals surface area contributed by atoms with E-state index in [2.05, 4.69) is 4.74 Å². The van der Waals surface area contributed by atoms with Crippen molar-refractivity contribution < 1.29 is 19.1 Å². The van der Waals surface area contributed by atoms with Crippen molar-refractivity contribution in [2.24, 2.45) is 0 Å². The molecule has 0 radical (unpaired) electrons. The molecule has 0 saturated carbocycles. The minimum atomic E-state index is -0.964. The van der Waals surface area contributed by atoms with Gasteiger partial charge in [0.1, 0.15) is 6.04 Å². The first-order valence-corrected chi connectivity index (χ1v) is 9.45. The molecule has 1 atom stereocenters. The van der Waals surface area contributed by atoms with Gasteiger partial charge in [0, 0.05) is 37.4 Å². The fourth-order valence-corrected chi connectivity index (χ4v) is 3.78. The summed E-state index contributed by atoms with van der Waals surface area (Å²) in [5.41, 5.74) is 2.77. The largest absolute Gasteiger partial charge is 0.467 e. The minimum absolute atomic E-state index is 0.269. The summed E-state index contributed by atoms with van der Waals surface area (Å²) in [6.07, 6.45) is 3.55. The van der Waals surface area contributed by atoms with Crippen LogP contribution in [0.5, 0.6) is 0 Å². The number of anilines is 1. The van der Waals surface area contributed by atoms with Gasteiger partial charge in [-0.3, -0.25) is 14.5 Å². The lowest BCUT2D eigenvalue weighted by Crippen LogP contribution is -2.42. The van der Waals surface area contributed by atoms with Crippen LogP contribution in [0.1, 0.15) is 12.6 Å². The van der Waals surface area contributed by atoms with Crippen molar-refractivity contribution in [1.29, 1.82) is 0 Å². The maximum Gasteiger partial charge on any atom is 0.328 e. The number of amides is 2. The lowest BCUT2D eigenvalue weighted by molar-refractivity contribution is -0.148. The van der Waals surface area contributed by atoms with Crippen LogP contribution >= 0.6 is 11.8 Å². The first kappa shape index (κ1) is 19.8. The van der Waals surface area contributed by atoms with Crippen LogP contribution in [0.25, 0.3) is 11.8 Å². The molecule has 0 aliphatic carbocycles. The zero-order chi connectivity index (χ0) is 20.4. The third kappa shape index (κ3) is 3.68. The normalized spacial score (nSPS) is 16.6. The van der Waals surface area contributed by atoms with Crippen LogP contribution in [-0.2, 0) is 14.3 Å². The fraction of sp³-hybridized carbons (Fsp3) is 0.250. The highest BCUT2D eigenvalue weighted by atomic mass is 32.2. The first-order valence-electron chi connectivity index (χ1n) is 8.63. The minimum Gasteiger partial charge on any atom is -0.467 e. The van der Waals surface area contributed by atoms with Gasteiger partial charge in [0.05, 0.1) is 12.0 Å². The smallest absolute Gasteiger partial charge is 0.328 e. The standard InChI is InChI=1S/C20H21N3O4S/c1-13(19(25)27-4)23-18(24)17(28-20(23)26)12-16-6-5-11-22(16)15-9-7-14(8-10-15)21(2)3/h5-13H,1-4H3/b17-12+/t13-/m1/s1. The number of thioether (sulfide) groups is 1. The van der Waals surface area contributed by atoms with Crippen molar-refractivity contribution in [3.8, 4) is 5.69 Å². The van der Waals surface area contributed by atoms with Crippen molar-refractivity contribution in [3.05, 3.63) is 53.2 Å². The summed E-state index contributed by atoms with van der Waals surface area (Å²) in [7, 11) is 5.17. The molecule has 0 unspecified atom stereocenters. The quantitative estimate of drug-likeness (QED) is 0.568. The van der Waals surface area contributed by atoms with E-state index < -0.39 is 23.2 Å². The Labute approximate surface area is 167 Å². The summed E-state index contributed by atoms with van der Waals surface area (Å²) in [5, 5.41) is -0.484. The maximum atomic E-state index is 12.7. The first-order chi connectivity index (χ1) is 13.3. The lowest BCUT2D eigenvalue weighted by Gasteiger charge is -2.18. The SMILES string of the molecule is COC(=O)[C@@H](C)N1C(=O)S/C(=C/c2cccn2-c2ccc(N(C)C)cc2)C1=O. The Morgan fingerprint density at radius 3 is 2.46 bits per heavy atom. The van der Waals surface area contributed by atoms with Gasteiger partial charge in [-0.25, -0.2) is 4.79 Å². The molecule has 28 heavy (non-hydrogen) atoms. The topological polar surface area (TPSA) is 71.8 Å². The van der Waals surface area contributed by atoms with E-state index in [1.807, 2.05) is 66.2 Å². The Bertz CT molecular complexity index is 947. The number of hydrogen-bond acceptors (Lipinski definition) is 6. The number of carbonyl (C=O) groups excluding carboxylic acids is 3. The molecule has 2 heterocycles. The van der Waals surface area contributed by atoms with Crippen LogP contribution in [0.3, 0.4) is 0 Å². The molecule has 7 nitrogen and oxygen atoms in total. The molecular weight excluding hydrogens is 378 g/mol. The number of benzene rings is 1. The number of imide groups is 1. The van der Waals surface area contributed by atoms with Gasteiger partial charge in [-0.15, -0.1) is 0 Å². The van der Waals surface area contributed by atoms with Crippen LogP contribution in [-0.4, -0.2) is 53.8 Å². The third-order valence-corrected chi connectivity index (χ3v) is 5.34. The summed E-state index contributed by atoms with van der Waals surface area (Å²) in [6.45, 7) is 1.47. The fourth-order valence-electron chi connectivity index (χ4n) is 2.88. The highest BCUT2D eigenvalue weighted by Crippen LogP contribution is 2.34. The summed E-state index contributed by atoms with van der Waals surface area (Å²) >= 11 is 0.817. The summed E-state index contributed by atoms with van der Waals surface area (Å²) in [5.74, 6) is -1.13. The van der Waals surface area contributed by atoms with Gasteiger partial charge in [-0.05, 0) is 61.2 Å². The van der Waals surface area contributed by atoms with Gasteiger partial charge < -0.3 is 14.2 Å². The van der Waals surface area contributed by atoms with Gasteiger partial charge in [0.25, 0.3) is 11.1 Å². The second-order valence-electron chi connectivity index (χ2n) is 6.46. The number of methoxy groups -OCH3 is 1. The summed E-state index contributed by atoms with van der Waals surface area (Å²) in [6, 6.07) is 10.7. The molecule has 2 amide bonds. The van der Waals surface area contributed by atoms with Crippen molar-refractivity contribution in [2.75, 3.05) is 26.1 Å². The predicted octanol–water partition coefficient (Wildman–Crippen LogP) is 3.14. The average Bonchev–Trinajstić information content (AvgIpc) is 3.25.